The third-order valence-corrected chi connectivity index (χ3v) is 5.18. The molecule has 0 spiro atoms. The lowest BCUT2D eigenvalue weighted by Gasteiger charge is -2.32. The lowest BCUT2D eigenvalue weighted by Crippen LogP contribution is -2.37. The van der Waals surface area contributed by atoms with E-state index in [4.69, 9.17) is 5.10 Å². The summed E-state index contributed by atoms with van der Waals surface area (Å²) < 4.78 is 0. The molecule has 4 rings (SSSR count). The molecule has 0 aliphatic carbocycles. The molecule has 0 aromatic heterocycles. The molecule has 0 saturated carbocycles. The summed E-state index contributed by atoms with van der Waals surface area (Å²) in [4.78, 5) is 14.6. The van der Waals surface area contributed by atoms with Gasteiger partial charge in [0.15, 0.2) is 17.8 Å². The number of nitrogens with zero attached hydrogens (tertiary/aromatic N) is 3. The van der Waals surface area contributed by atoms with Crippen LogP contribution >= 0.6 is 0 Å². The van der Waals surface area contributed by atoms with E-state index in [0.29, 0.717) is 11.8 Å². The summed E-state index contributed by atoms with van der Waals surface area (Å²) >= 11 is 0. The molecule has 4 nitrogen and oxygen atoms in total. The maximum absolute atomic E-state index is 12.5. The number of para-hydroxylation sites is 2. The normalized spacial score (nSPS) is 16.3. The Hall–Kier alpha value is -3.40. The predicted octanol–water partition coefficient (Wildman–Crippen LogP) is 5.74. The molecule has 1 heterocycles. The summed E-state index contributed by atoms with van der Waals surface area (Å²) in [6.45, 7) is 5.95. The molecule has 0 amide bonds. The first kappa shape index (κ1) is 18.9. The Bertz CT molecular complexity index is 1010. The number of anilines is 2. The molecule has 29 heavy (non-hydrogen) atoms. The molecule has 0 radical (unpaired) electrons. The molecule has 146 valence electrons. The Balaban J connectivity index is 1.86. The van der Waals surface area contributed by atoms with E-state index in [1.807, 2.05) is 70.6 Å². The molecule has 3 aromatic rings. The zero-order chi connectivity index (χ0) is 20.4. The van der Waals surface area contributed by atoms with Crippen molar-refractivity contribution in [3.05, 3.63) is 96.1 Å². The van der Waals surface area contributed by atoms with Gasteiger partial charge in [0.25, 0.3) is 0 Å². The second-order valence-corrected chi connectivity index (χ2v) is 7.56. The Morgan fingerprint density at radius 2 is 1.38 bits per heavy atom. The fourth-order valence-electron chi connectivity index (χ4n) is 3.65. The predicted molar refractivity (Wildman–Crippen MR) is 119 cm³/mol. The van der Waals surface area contributed by atoms with Crippen LogP contribution in [0.3, 0.4) is 0 Å². The Morgan fingerprint density at radius 3 is 1.90 bits per heavy atom. The van der Waals surface area contributed by atoms with Gasteiger partial charge < -0.3 is 0 Å². The van der Waals surface area contributed by atoms with Crippen molar-refractivity contribution in [2.24, 2.45) is 5.10 Å². The highest BCUT2D eigenvalue weighted by atomic mass is 16.1. The minimum Gasteiger partial charge on any atom is -0.295 e. The summed E-state index contributed by atoms with van der Waals surface area (Å²) in [6.07, 6.45) is -0.236. The largest absolute Gasteiger partial charge is 0.295 e. The van der Waals surface area contributed by atoms with Gasteiger partial charge in [-0.3, -0.25) is 9.69 Å². The summed E-state index contributed by atoms with van der Waals surface area (Å²) in [6, 6.07) is 28.6. The number of carbonyl (C=O) groups excluding carboxylic acids is 1. The Labute approximate surface area is 172 Å². The molecule has 4 heteroatoms. The van der Waals surface area contributed by atoms with Crippen LogP contribution in [0.4, 0.5) is 11.4 Å². The summed E-state index contributed by atoms with van der Waals surface area (Å²) in [5.41, 5.74) is 4.26. The second-order valence-electron chi connectivity index (χ2n) is 7.56. The lowest BCUT2D eigenvalue weighted by atomic mass is 10.00. The molecule has 0 N–H and O–H groups in total. The van der Waals surface area contributed by atoms with E-state index in [1.165, 1.54) is 5.56 Å². The summed E-state index contributed by atoms with van der Waals surface area (Å²) in [7, 11) is 0. The number of benzene rings is 3. The van der Waals surface area contributed by atoms with Crippen LogP contribution in [-0.2, 0) is 4.79 Å². The maximum Gasteiger partial charge on any atom is 0.198 e. The van der Waals surface area contributed by atoms with E-state index in [9.17, 15) is 4.79 Å². The van der Waals surface area contributed by atoms with Crippen molar-refractivity contribution < 1.29 is 4.79 Å². The van der Waals surface area contributed by atoms with Crippen LogP contribution in [0, 0.1) is 0 Å². The van der Waals surface area contributed by atoms with Crippen molar-refractivity contribution in [1.29, 1.82) is 0 Å². The third-order valence-electron chi connectivity index (χ3n) is 5.18. The zero-order valence-electron chi connectivity index (χ0n) is 17.0. The van der Waals surface area contributed by atoms with Crippen LogP contribution in [0.5, 0.6) is 0 Å². The Morgan fingerprint density at radius 1 is 0.828 bits per heavy atom. The molecule has 1 aliphatic heterocycles. The summed E-state index contributed by atoms with van der Waals surface area (Å²) in [5, 5.41) is 6.70. The average Bonchev–Trinajstić information content (AvgIpc) is 3.16. The second kappa shape index (κ2) is 7.92. The zero-order valence-corrected chi connectivity index (χ0v) is 17.0. The van der Waals surface area contributed by atoms with Gasteiger partial charge in [0, 0.05) is 12.6 Å². The minimum absolute atomic E-state index is 0.0592. The first-order chi connectivity index (χ1) is 14.1. The van der Waals surface area contributed by atoms with Gasteiger partial charge in [0.1, 0.15) is 0 Å². The first-order valence-electron chi connectivity index (χ1n) is 9.94. The average molecular weight is 383 g/mol. The molecule has 0 bridgehead atoms. The Kier molecular flexibility index (Phi) is 5.17. The third kappa shape index (κ3) is 3.66. The molecular formula is C25H25N3O. The highest BCUT2D eigenvalue weighted by Crippen LogP contribution is 2.39. The topological polar surface area (TPSA) is 35.9 Å². The molecule has 1 atom stereocenters. The van der Waals surface area contributed by atoms with Gasteiger partial charge in [0.05, 0.1) is 5.69 Å². The number of hydrogen-bond donors (Lipinski definition) is 0. The lowest BCUT2D eigenvalue weighted by molar-refractivity contribution is -0.111. The van der Waals surface area contributed by atoms with Gasteiger partial charge in [-0.15, -0.1) is 5.10 Å². The van der Waals surface area contributed by atoms with E-state index in [-0.39, 0.29) is 11.9 Å². The van der Waals surface area contributed by atoms with Crippen molar-refractivity contribution >= 4 is 23.0 Å². The monoisotopic (exact) mass is 383 g/mol. The number of hydrogen-bond acceptors (Lipinski definition) is 4. The highest BCUT2D eigenvalue weighted by molar-refractivity contribution is 6.44. The van der Waals surface area contributed by atoms with Crippen molar-refractivity contribution in [2.75, 3.05) is 9.91 Å². The molecule has 0 saturated heterocycles. The van der Waals surface area contributed by atoms with Gasteiger partial charge in [-0.05, 0) is 41.3 Å². The summed E-state index contributed by atoms with van der Waals surface area (Å²) in [5.74, 6) is 0.848. The number of rotatable bonds is 5. The number of carbonyl (C=O) groups is 1. The van der Waals surface area contributed by atoms with Gasteiger partial charge in [-0.2, -0.15) is 0 Å². The standard InChI is InChI=1S/C25H25N3O/c1-18(2)20-14-16-21(17-15-20)25-27(22-10-6-4-7-11-22)24(19(3)29)26-28(25)23-12-8-5-9-13-23/h4-18,25H,1-3H3/t25-/m0/s1. The molecule has 0 fully saturated rings. The fourth-order valence-corrected chi connectivity index (χ4v) is 3.65. The van der Waals surface area contributed by atoms with E-state index in [2.05, 4.69) is 38.1 Å². The molecule has 1 aliphatic rings. The molecular weight excluding hydrogens is 358 g/mol. The van der Waals surface area contributed by atoms with Crippen LogP contribution in [0.15, 0.2) is 90.0 Å². The maximum atomic E-state index is 12.5. The van der Waals surface area contributed by atoms with Gasteiger partial charge in [-0.1, -0.05) is 74.5 Å². The van der Waals surface area contributed by atoms with E-state index in [0.717, 1.165) is 16.9 Å². The molecule has 3 aromatic carbocycles. The van der Waals surface area contributed by atoms with E-state index >= 15 is 0 Å². The highest BCUT2D eigenvalue weighted by Gasteiger charge is 2.39. The van der Waals surface area contributed by atoms with Crippen LogP contribution < -0.4 is 9.91 Å². The van der Waals surface area contributed by atoms with Crippen molar-refractivity contribution in [3.63, 3.8) is 0 Å². The number of ketones is 1. The first-order valence-corrected chi connectivity index (χ1v) is 9.94. The molecule has 0 unspecified atom stereocenters. The van der Waals surface area contributed by atoms with Crippen LogP contribution in [0.1, 0.15) is 44.0 Å². The van der Waals surface area contributed by atoms with Crippen LogP contribution in [0.25, 0.3) is 0 Å². The quantitative estimate of drug-likeness (QED) is 0.564. The van der Waals surface area contributed by atoms with Crippen LogP contribution in [0.2, 0.25) is 0 Å². The number of Topliss-reactive ketones (excluding diaryl/α,β-unsaturated/α-hetero) is 1. The smallest absolute Gasteiger partial charge is 0.198 e. The van der Waals surface area contributed by atoms with E-state index in [1.54, 1.807) is 6.92 Å². The van der Waals surface area contributed by atoms with Crippen molar-refractivity contribution in [3.8, 4) is 0 Å². The van der Waals surface area contributed by atoms with Crippen molar-refractivity contribution in [1.82, 2.24) is 0 Å². The number of hydrazone groups is 1. The fraction of sp³-hybridized carbons (Fsp3) is 0.200. The SMILES string of the molecule is CC(=O)C1=NN(c2ccccc2)[C@@H](c2ccc(C(C)C)cc2)N1c1ccccc1. The van der Waals surface area contributed by atoms with Gasteiger partial charge in [0.2, 0.25) is 0 Å². The number of amidine groups is 1. The minimum atomic E-state index is -0.236. The van der Waals surface area contributed by atoms with Gasteiger partial charge >= 0.3 is 0 Å². The van der Waals surface area contributed by atoms with Crippen LogP contribution in [-0.4, -0.2) is 11.6 Å². The van der Waals surface area contributed by atoms with Gasteiger partial charge in [-0.25, -0.2) is 5.01 Å². The van der Waals surface area contributed by atoms with Crippen molar-refractivity contribution in [2.45, 2.75) is 32.9 Å². The van der Waals surface area contributed by atoms with E-state index < -0.39 is 0 Å².